The van der Waals surface area contributed by atoms with Crippen LogP contribution in [-0.2, 0) is 16.2 Å². The van der Waals surface area contributed by atoms with Crippen LogP contribution in [0.5, 0.6) is 0 Å². The maximum absolute atomic E-state index is 2.48. The summed E-state index contributed by atoms with van der Waals surface area (Å²) in [7, 11) is 0. The number of rotatable bonds is 10. The number of anilines is 6. The van der Waals surface area contributed by atoms with Crippen molar-refractivity contribution >= 4 is 143 Å². The van der Waals surface area contributed by atoms with E-state index in [1.165, 1.54) is 162 Å². The first-order valence-corrected chi connectivity index (χ1v) is 35.6. The van der Waals surface area contributed by atoms with Crippen LogP contribution < -0.4 is 9.80 Å². The molecule has 2 heterocycles. The fourth-order valence-electron chi connectivity index (χ4n) is 16.7. The van der Waals surface area contributed by atoms with Crippen molar-refractivity contribution in [2.24, 2.45) is 0 Å². The smallest absolute Gasteiger partial charge is 0.0540 e. The van der Waals surface area contributed by atoms with Gasteiger partial charge in [-0.15, -0.1) is 22.7 Å². The highest BCUT2D eigenvalue weighted by atomic mass is 32.1. The van der Waals surface area contributed by atoms with Gasteiger partial charge >= 0.3 is 0 Å². The second kappa shape index (κ2) is 21.6. The lowest BCUT2D eigenvalue weighted by atomic mass is 9.81. The van der Waals surface area contributed by atoms with Crippen molar-refractivity contribution in [2.75, 3.05) is 9.80 Å². The molecular weight excluding hydrogens is 1210 g/mol. The summed E-state index contributed by atoms with van der Waals surface area (Å²) < 4.78 is 5.24. The van der Waals surface area contributed by atoms with E-state index in [1.807, 2.05) is 22.7 Å². The lowest BCUT2D eigenvalue weighted by Crippen LogP contribution is -2.17. The number of hydrogen-bond donors (Lipinski definition) is 0. The highest BCUT2D eigenvalue weighted by Crippen LogP contribution is 2.55. The molecule has 0 bridgehead atoms. The molecule has 14 aromatic carbocycles. The van der Waals surface area contributed by atoms with Gasteiger partial charge < -0.3 is 9.80 Å². The van der Waals surface area contributed by atoms with E-state index in [0.29, 0.717) is 0 Å². The third kappa shape index (κ3) is 9.04. The molecule has 0 saturated carbocycles. The van der Waals surface area contributed by atoms with Crippen LogP contribution in [-0.4, -0.2) is 0 Å². The molecule has 0 atom stereocenters. The summed E-state index contributed by atoms with van der Waals surface area (Å²) >= 11 is 3.73. The number of fused-ring (bicyclic) bond motifs is 17. The quantitative estimate of drug-likeness (QED) is 0.126. The molecule has 2 aromatic heterocycles. The molecule has 4 heteroatoms. The van der Waals surface area contributed by atoms with E-state index < -0.39 is 0 Å². The summed E-state index contributed by atoms with van der Waals surface area (Å²) in [6, 6.07) is 105. The molecule has 0 N–H and O–H groups in total. The first-order chi connectivity index (χ1) is 47.3. The van der Waals surface area contributed by atoms with Gasteiger partial charge in [0.15, 0.2) is 0 Å². The van der Waals surface area contributed by atoms with Crippen LogP contribution in [0.15, 0.2) is 279 Å². The summed E-state index contributed by atoms with van der Waals surface area (Å²) in [6.07, 6.45) is 9.23. The molecule has 3 aliphatic carbocycles. The number of thiophene rings is 2. The third-order valence-electron chi connectivity index (χ3n) is 21.8. The minimum Gasteiger partial charge on any atom is -0.310 e. The van der Waals surface area contributed by atoms with Gasteiger partial charge in [-0.2, -0.15) is 0 Å². The van der Waals surface area contributed by atoms with Crippen molar-refractivity contribution in [3.8, 4) is 33.4 Å². The largest absolute Gasteiger partial charge is 0.310 e. The molecule has 3 aliphatic rings. The normalized spacial score (nSPS) is 14.5. The van der Waals surface area contributed by atoms with Crippen LogP contribution in [0.25, 0.3) is 120 Å². The standard InChI is InChI=1S/C93H68N2S2/c1-91(2)79-49-57(29-31-59-35-43-71-73-45-37-65(55-83(73)92(3,4)81(71)51-59)94(85-25-15-19-61-17-7-9-21-67(61)85)63-39-47-89-77(53-63)75-23-11-13-27-87(75)96-89)33-41-69(79)70-42-34-58(50-80(70)91)30-32-60-36-44-72-74-46-38-66(56-84(74)93(5,6)82(72)52-60)95(86-26-16-20-62-18-8-10-22-68(62)86)64-40-48-90-78(54-64)76-24-12-14-28-88(76)97-90/h7-56H,1-6H3/b31-29+,32-30+. The highest BCUT2D eigenvalue weighted by Gasteiger charge is 2.39. The summed E-state index contributed by atoms with van der Waals surface area (Å²) in [4.78, 5) is 4.96. The van der Waals surface area contributed by atoms with Gasteiger partial charge in [0.2, 0.25) is 0 Å². The number of hydrogen-bond acceptors (Lipinski definition) is 4. The van der Waals surface area contributed by atoms with E-state index in [9.17, 15) is 0 Å². The van der Waals surface area contributed by atoms with Crippen molar-refractivity contribution in [3.63, 3.8) is 0 Å². The highest BCUT2D eigenvalue weighted by molar-refractivity contribution is 7.26. The van der Waals surface area contributed by atoms with Gasteiger partial charge in [0.1, 0.15) is 0 Å². The Morgan fingerprint density at radius 1 is 0.237 bits per heavy atom. The van der Waals surface area contributed by atoms with Gasteiger partial charge in [-0.3, -0.25) is 0 Å². The van der Waals surface area contributed by atoms with E-state index >= 15 is 0 Å². The van der Waals surface area contributed by atoms with E-state index in [-0.39, 0.29) is 16.2 Å². The molecule has 19 rings (SSSR count). The summed E-state index contributed by atoms with van der Waals surface area (Å²) in [5.41, 5.74) is 27.2. The second-order valence-corrected chi connectivity index (χ2v) is 30.6. The predicted octanol–water partition coefficient (Wildman–Crippen LogP) is 26.9. The molecule has 2 nitrogen and oxygen atoms in total. The first kappa shape index (κ1) is 57.6. The monoisotopic (exact) mass is 1280 g/mol. The Bertz CT molecular complexity index is 5700. The first-order valence-electron chi connectivity index (χ1n) is 33.9. The third-order valence-corrected chi connectivity index (χ3v) is 24.1. The van der Waals surface area contributed by atoms with Crippen molar-refractivity contribution in [1.29, 1.82) is 0 Å². The maximum atomic E-state index is 2.48. The topological polar surface area (TPSA) is 6.48 Å². The van der Waals surface area contributed by atoms with Gasteiger partial charge in [0, 0.05) is 90.1 Å². The fourth-order valence-corrected chi connectivity index (χ4v) is 18.9. The van der Waals surface area contributed by atoms with Crippen LogP contribution in [0.3, 0.4) is 0 Å². The van der Waals surface area contributed by atoms with Crippen molar-refractivity contribution in [1.82, 2.24) is 0 Å². The van der Waals surface area contributed by atoms with E-state index in [4.69, 9.17) is 0 Å². The Morgan fingerprint density at radius 2 is 0.515 bits per heavy atom. The maximum Gasteiger partial charge on any atom is 0.0540 e. The van der Waals surface area contributed by atoms with E-state index in [2.05, 4.69) is 355 Å². The second-order valence-electron chi connectivity index (χ2n) is 28.4. The Labute approximate surface area is 574 Å². The predicted molar refractivity (Wildman–Crippen MR) is 420 cm³/mol. The molecular formula is C93H68N2S2. The van der Waals surface area contributed by atoms with E-state index in [1.54, 1.807) is 0 Å². The lowest BCUT2D eigenvalue weighted by Gasteiger charge is -2.29. The van der Waals surface area contributed by atoms with Crippen LogP contribution in [0.2, 0.25) is 0 Å². The Balaban J connectivity index is 0.583. The Morgan fingerprint density at radius 3 is 0.887 bits per heavy atom. The Hall–Kier alpha value is -10.9. The van der Waals surface area contributed by atoms with Crippen LogP contribution in [0, 0.1) is 0 Å². The fraction of sp³-hybridized carbons (Fsp3) is 0.0968. The average Bonchev–Trinajstić information content (AvgIpc) is 1.61. The van der Waals surface area contributed by atoms with Gasteiger partial charge in [-0.05, 0) is 185 Å². The zero-order valence-corrected chi connectivity index (χ0v) is 56.7. The van der Waals surface area contributed by atoms with Crippen molar-refractivity contribution < 1.29 is 0 Å². The number of nitrogens with zero attached hydrogens (tertiary/aromatic N) is 2. The molecule has 0 radical (unpaired) electrons. The molecule has 0 saturated heterocycles. The van der Waals surface area contributed by atoms with E-state index in [0.717, 1.165) is 22.7 Å². The molecule has 0 unspecified atom stereocenters. The van der Waals surface area contributed by atoms with Gasteiger partial charge in [0.05, 0.1) is 11.4 Å². The average molecular weight is 1280 g/mol. The summed E-state index contributed by atoms with van der Waals surface area (Å²) in [5, 5.41) is 10.1. The molecule has 0 amide bonds. The summed E-state index contributed by atoms with van der Waals surface area (Å²) in [6.45, 7) is 14.4. The zero-order valence-electron chi connectivity index (χ0n) is 55.1. The molecule has 0 aliphatic heterocycles. The molecule has 16 aromatic rings. The van der Waals surface area contributed by atoms with Crippen LogP contribution in [0.4, 0.5) is 34.1 Å². The molecule has 0 fully saturated rings. The zero-order chi connectivity index (χ0) is 65.1. The minimum absolute atomic E-state index is 0.175. The van der Waals surface area contributed by atoms with Gasteiger partial charge in [-0.1, -0.05) is 260 Å². The lowest BCUT2D eigenvalue weighted by molar-refractivity contribution is 0.660. The molecule has 462 valence electrons. The van der Waals surface area contributed by atoms with Crippen LogP contribution >= 0.6 is 22.7 Å². The molecule has 0 spiro atoms. The van der Waals surface area contributed by atoms with Gasteiger partial charge in [-0.25, -0.2) is 0 Å². The van der Waals surface area contributed by atoms with Crippen molar-refractivity contribution in [2.45, 2.75) is 57.8 Å². The molecule has 97 heavy (non-hydrogen) atoms. The minimum atomic E-state index is -0.225. The van der Waals surface area contributed by atoms with Gasteiger partial charge in [0.25, 0.3) is 0 Å². The SMILES string of the molecule is CC1(C)c2cc(/C=C/c3ccc4c(c3)C(C)(C)c3cc(N(c5ccc6sc7ccccc7c6c5)c5cccc6ccccc56)ccc3-4)ccc2-c2ccc(/C=C/c3ccc4c(c3)C(C)(C)c3cc(N(c5ccc6sc7ccccc7c6c5)c5cccc6ccccc56)ccc3-4)cc21. The Kier molecular flexibility index (Phi) is 12.8. The number of benzene rings is 14. The summed E-state index contributed by atoms with van der Waals surface area (Å²) in [5.74, 6) is 0. The van der Waals surface area contributed by atoms with Crippen molar-refractivity contribution in [3.05, 3.63) is 335 Å². The van der Waals surface area contributed by atoms with Crippen LogP contribution in [0.1, 0.15) is 97.2 Å².